The molecule has 4 nitrogen and oxygen atoms in total. The van der Waals surface area contributed by atoms with Gasteiger partial charge in [0.1, 0.15) is 18.2 Å². The van der Waals surface area contributed by atoms with Crippen LogP contribution in [0.5, 0.6) is 5.75 Å². The van der Waals surface area contributed by atoms with Gasteiger partial charge in [0.25, 0.3) is 0 Å². The Morgan fingerprint density at radius 3 is 2.89 bits per heavy atom. The van der Waals surface area contributed by atoms with E-state index in [1.54, 1.807) is 12.1 Å². The van der Waals surface area contributed by atoms with Gasteiger partial charge in [-0.25, -0.2) is 4.39 Å². The van der Waals surface area contributed by atoms with E-state index in [0.717, 1.165) is 24.5 Å². The van der Waals surface area contributed by atoms with Crippen LogP contribution in [-0.4, -0.2) is 24.7 Å². The second kappa shape index (κ2) is 4.60. The topological polar surface area (TPSA) is 36.5 Å². The Labute approximate surface area is 105 Å². The van der Waals surface area contributed by atoms with E-state index in [9.17, 15) is 4.39 Å². The molecule has 0 bridgehead atoms. The number of hydrogen-bond acceptors (Lipinski definition) is 4. The molecule has 0 aliphatic carbocycles. The maximum Gasteiger partial charge on any atom is 0.130 e. The Bertz CT molecular complexity index is 495. The number of allylic oxidation sites excluding steroid dienone is 1. The lowest BCUT2D eigenvalue weighted by Crippen LogP contribution is -2.40. The van der Waals surface area contributed by atoms with Gasteiger partial charge < -0.3 is 10.1 Å². The third kappa shape index (κ3) is 2.25. The summed E-state index contributed by atoms with van der Waals surface area (Å²) in [5.74, 6) is 0.407. The van der Waals surface area contributed by atoms with Crippen LogP contribution in [0.15, 0.2) is 47.9 Å². The summed E-state index contributed by atoms with van der Waals surface area (Å²) in [5.41, 5.74) is 5.37. The molecular weight excluding hydrogens is 233 g/mol. The molecule has 2 aliphatic heterocycles. The van der Waals surface area contributed by atoms with E-state index >= 15 is 0 Å². The number of ether oxygens (including phenoxy) is 1. The summed E-state index contributed by atoms with van der Waals surface area (Å²) in [4.78, 5) is 0. The normalized spacial score (nSPS) is 17.3. The van der Waals surface area contributed by atoms with Gasteiger partial charge in [-0.1, -0.05) is 0 Å². The standard InChI is InChI=1S/C13H14FN3O/c14-10-1-3-13(4-2-10)18-9-11-7-12-8-15-5-6-17(12)16-11/h1-4,7-8,15-16H,5-6,9H2. The lowest BCUT2D eigenvalue weighted by atomic mass is 10.3. The van der Waals surface area contributed by atoms with E-state index < -0.39 is 0 Å². The average molecular weight is 247 g/mol. The summed E-state index contributed by atoms with van der Waals surface area (Å²) in [6, 6.07) is 6.03. The molecule has 0 saturated carbocycles. The summed E-state index contributed by atoms with van der Waals surface area (Å²) in [5, 5.41) is 5.26. The van der Waals surface area contributed by atoms with Crippen molar-refractivity contribution in [3.05, 3.63) is 53.8 Å². The first kappa shape index (κ1) is 11.0. The molecule has 2 N–H and O–H groups in total. The SMILES string of the molecule is Fc1ccc(OCC2=CC3=CNCCN3N2)cc1. The van der Waals surface area contributed by atoms with Crippen molar-refractivity contribution in [3.8, 4) is 5.75 Å². The van der Waals surface area contributed by atoms with E-state index in [-0.39, 0.29) is 5.82 Å². The van der Waals surface area contributed by atoms with Crippen molar-refractivity contribution in [1.29, 1.82) is 0 Å². The van der Waals surface area contributed by atoms with Crippen molar-refractivity contribution in [2.75, 3.05) is 19.7 Å². The van der Waals surface area contributed by atoms with E-state index in [1.807, 2.05) is 12.3 Å². The maximum absolute atomic E-state index is 12.7. The summed E-state index contributed by atoms with van der Waals surface area (Å²) < 4.78 is 18.3. The van der Waals surface area contributed by atoms with Crippen LogP contribution in [0.1, 0.15) is 0 Å². The molecule has 0 radical (unpaired) electrons. The summed E-state index contributed by atoms with van der Waals surface area (Å²) >= 11 is 0. The third-order valence-corrected chi connectivity index (χ3v) is 2.85. The van der Waals surface area contributed by atoms with Crippen LogP contribution in [0.2, 0.25) is 0 Å². The van der Waals surface area contributed by atoms with Crippen molar-refractivity contribution in [2.45, 2.75) is 0 Å². The number of nitrogens with one attached hydrogen (secondary N) is 2. The molecule has 2 heterocycles. The number of nitrogens with zero attached hydrogens (tertiary/aromatic N) is 1. The van der Waals surface area contributed by atoms with Crippen molar-refractivity contribution in [2.24, 2.45) is 0 Å². The molecule has 0 aromatic heterocycles. The van der Waals surface area contributed by atoms with Gasteiger partial charge in [0.15, 0.2) is 0 Å². The number of hydrazine groups is 1. The van der Waals surface area contributed by atoms with Gasteiger partial charge in [0, 0.05) is 12.7 Å². The van der Waals surface area contributed by atoms with Crippen molar-refractivity contribution in [3.63, 3.8) is 0 Å². The van der Waals surface area contributed by atoms with Crippen LogP contribution in [0.4, 0.5) is 4.39 Å². The summed E-state index contributed by atoms with van der Waals surface area (Å²) in [6.07, 6.45) is 4.01. The van der Waals surface area contributed by atoms with Gasteiger partial charge in [-0.2, -0.15) is 0 Å². The summed E-state index contributed by atoms with van der Waals surface area (Å²) in [6.45, 7) is 2.29. The fraction of sp³-hybridized carbons (Fsp3) is 0.231. The second-order valence-electron chi connectivity index (χ2n) is 4.20. The molecule has 1 aromatic carbocycles. The van der Waals surface area contributed by atoms with Gasteiger partial charge >= 0.3 is 0 Å². The Kier molecular flexibility index (Phi) is 2.80. The van der Waals surface area contributed by atoms with Crippen LogP contribution < -0.4 is 15.5 Å². The minimum atomic E-state index is -0.256. The van der Waals surface area contributed by atoms with Gasteiger partial charge in [0.05, 0.1) is 17.9 Å². The number of fused-ring (bicyclic) bond motifs is 1. The molecule has 5 heteroatoms. The molecule has 3 rings (SSSR count). The number of benzene rings is 1. The van der Waals surface area contributed by atoms with Crippen LogP contribution >= 0.6 is 0 Å². The minimum absolute atomic E-state index is 0.256. The van der Waals surface area contributed by atoms with Crippen LogP contribution in [0.3, 0.4) is 0 Å². The number of rotatable bonds is 3. The minimum Gasteiger partial charge on any atom is -0.487 e. The fourth-order valence-corrected chi connectivity index (χ4v) is 1.95. The molecule has 0 amide bonds. The monoisotopic (exact) mass is 247 g/mol. The van der Waals surface area contributed by atoms with E-state index in [2.05, 4.69) is 15.8 Å². The zero-order valence-electron chi connectivity index (χ0n) is 9.82. The Balaban J connectivity index is 1.60. The van der Waals surface area contributed by atoms with Crippen LogP contribution in [0.25, 0.3) is 0 Å². The highest BCUT2D eigenvalue weighted by Gasteiger charge is 2.19. The Morgan fingerprint density at radius 1 is 1.28 bits per heavy atom. The molecule has 2 aliphatic rings. The zero-order chi connectivity index (χ0) is 12.4. The predicted octanol–water partition coefficient (Wildman–Crippen LogP) is 1.35. The molecule has 94 valence electrons. The molecule has 0 unspecified atom stereocenters. The second-order valence-corrected chi connectivity index (χ2v) is 4.20. The number of hydrogen-bond donors (Lipinski definition) is 2. The number of halogens is 1. The third-order valence-electron chi connectivity index (χ3n) is 2.85. The van der Waals surface area contributed by atoms with Crippen LogP contribution in [0, 0.1) is 5.82 Å². The van der Waals surface area contributed by atoms with Gasteiger partial charge in [0.2, 0.25) is 0 Å². The molecule has 1 aromatic rings. The smallest absolute Gasteiger partial charge is 0.130 e. The quantitative estimate of drug-likeness (QED) is 0.845. The highest BCUT2D eigenvalue weighted by atomic mass is 19.1. The molecule has 18 heavy (non-hydrogen) atoms. The Morgan fingerprint density at radius 2 is 2.11 bits per heavy atom. The fourth-order valence-electron chi connectivity index (χ4n) is 1.95. The Hall–Kier alpha value is -2.17. The van der Waals surface area contributed by atoms with E-state index in [4.69, 9.17) is 4.74 Å². The van der Waals surface area contributed by atoms with E-state index in [0.29, 0.717) is 12.4 Å². The maximum atomic E-state index is 12.7. The molecule has 0 spiro atoms. The van der Waals surface area contributed by atoms with Crippen LogP contribution in [-0.2, 0) is 0 Å². The molecule has 0 saturated heterocycles. The average Bonchev–Trinajstić information content (AvgIpc) is 2.81. The first-order chi connectivity index (χ1) is 8.81. The van der Waals surface area contributed by atoms with Gasteiger partial charge in [-0.05, 0) is 30.3 Å². The van der Waals surface area contributed by atoms with Crippen molar-refractivity contribution >= 4 is 0 Å². The first-order valence-electron chi connectivity index (χ1n) is 5.88. The highest BCUT2D eigenvalue weighted by molar-refractivity contribution is 5.29. The highest BCUT2D eigenvalue weighted by Crippen LogP contribution is 2.17. The van der Waals surface area contributed by atoms with Crippen molar-refractivity contribution in [1.82, 2.24) is 15.8 Å². The molecular formula is C13H14FN3O. The van der Waals surface area contributed by atoms with Gasteiger partial charge in [-0.15, -0.1) is 0 Å². The molecule has 0 atom stereocenters. The summed E-state index contributed by atoms with van der Waals surface area (Å²) in [7, 11) is 0. The van der Waals surface area contributed by atoms with Crippen molar-refractivity contribution < 1.29 is 9.13 Å². The first-order valence-corrected chi connectivity index (χ1v) is 5.88. The lowest BCUT2D eigenvalue weighted by molar-refractivity contribution is 0.265. The van der Waals surface area contributed by atoms with E-state index in [1.165, 1.54) is 12.1 Å². The van der Waals surface area contributed by atoms with Gasteiger partial charge in [-0.3, -0.25) is 10.4 Å². The predicted molar refractivity (Wildman–Crippen MR) is 65.9 cm³/mol. The lowest BCUT2D eigenvalue weighted by Gasteiger charge is -2.25. The largest absolute Gasteiger partial charge is 0.487 e. The zero-order valence-corrected chi connectivity index (χ0v) is 9.82. The molecule has 0 fully saturated rings.